The van der Waals surface area contributed by atoms with Gasteiger partial charge >= 0.3 is 5.97 Å². The summed E-state index contributed by atoms with van der Waals surface area (Å²) in [5.74, 6) is -0.585. The second kappa shape index (κ2) is 7.95. The van der Waals surface area contributed by atoms with E-state index in [1.165, 1.54) is 14.2 Å². The van der Waals surface area contributed by atoms with E-state index in [0.29, 0.717) is 17.2 Å². The number of carbonyl (C=O) groups is 3. The number of rotatable bonds is 6. The number of hydrazone groups is 1. The Balaban J connectivity index is 1.91. The Morgan fingerprint density at radius 1 is 1.25 bits per heavy atom. The van der Waals surface area contributed by atoms with Crippen LogP contribution in [0.4, 0.5) is 5.69 Å². The molecular weight excluding hydrogens is 318 g/mol. The van der Waals surface area contributed by atoms with Crippen molar-refractivity contribution in [1.82, 2.24) is 5.43 Å². The Hall–Kier alpha value is -3.10. The number of nitrogens with zero attached hydrogens (tertiary/aromatic N) is 1. The topological polar surface area (TPSA) is 115 Å². The van der Waals surface area contributed by atoms with Gasteiger partial charge in [-0.25, -0.2) is 10.2 Å². The molecule has 0 fully saturated rings. The minimum Gasteiger partial charge on any atom is -0.497 e. The first-order valence-corrected chi connectivity index (χ1v) is 7.08. The summed E-state index contributed by atoms with van der Waals surface area (Å²) in [6, 6.07) is 4.91. The van der Waals surface area contributed by atoms with E-state index < -0.39 is 18.5 Å². The SMILES string of the molecule is COc1ccc(OC)c(NC(=O)COC(=O)C2=NNC(=O)CC2)c1. The van der Waals surface area contributed by atoms with E-state index in [2.05, 4.69) is 15.8 Å². The number of anilines is 1. The van der Waals surface area contributed by atoms with Crippen LogP contribution in [0.1, 0.15) is 12.8 Å². The van der Waals surface area contributed by atoms with E-state index in [4.69, 9.17) is 14.2 Å². The number of hydrogen-bond acceptors (Lipinski definition) is 7. The first-order valence-electron chi connectivity index (χ1n) is 7.08. The second-order valence-corrected chi connectivity index (χ2v) is 4.78. The molecule has 1 aliphatic rings. The van der Waals surface area contributed by atoms with Gasteiger partial charge in [0.1, 0.15) is 17.2 Å². The zero-order chi connectivity index (χ0) is 17.5. The monoisotopic (exact) mass is 335 g/mol. The van der Waals surface area contributed by atoms with E-state index in [9.17, 15) is 14.4 Å². The standard InChI is InChI=1S/C15H17N3O6/c1-22-9-3-5-12(23-2)11(7-9)16-14(20)8-24-15(21)10-4-6-13(19)18-17-10/h3,5,7H,4,6,8H2,1-2H3,(H,16,20)(H,18,19). The summed E-state index contributed by atoms with van der Waals surface area (Å²) in [5.41, 5.74) is 2.65. The quantitative estimate of drug-likeness (QED) is 0.729. The van der Waals surface area contributed by atoms with Crippen LogP contribution in [0.25, 0.3) is 0 Å². The van der Waals surface area contributed by atoms with Crippen molar-refractivity contribution in [2.75, 3.05) is 26.1 Å². The number of carbonyl (C=O) groups excluding carboxylic acids is 3. The van der Waals surface area contributed by atoms with Crippen molar-refractivity contribution < 1.29 is 28.6 Å². The van der Waals surface area contributed by atoms with Crippen molar-refractivity contribution in [3.63, 3.8) is 0 Å². The van der Waals surface area contributed by atoms with Crippen molar-refractivity contribution in [1.29, 1.82) is 0 Å². The molecule has 0 radical (unpaired) electrons. The fraction of sp³-hybridized carbons (Fsp3) is 0.333. The summed E-state index contributed by atoms with van der Waals surface area (Å²) < 4.78 is 15.1. The molecule has 128 valence electrons. The Morgan fingerprint density at radius 3 is 2.67 bits per heavy atom. The smallest absolute Gasteiger partial charge is 0.355 e. The molecule has 1 heterocycles. The number of methoxy groups -OCH3 is 2. The van der Waals surface area contributed by atoms with E-state index in [0.717, 1.165) is 0 Å². The zero-order valence-corrected chi connectivity index (χ0v) is 13.3. The van der Waals surface area contributed by atoms with Gasteiger partial charge in [-0.15, -0.1) is 0 Å². The zero-order valence-electron chi connectivity index (χ0n) is 13.3. The minimum absolute atomic E-state index is 0.0707. The molecule has 2 N–H and O–H groups in total. The van der Waals surface area contributed by atoms with Crippen molar-refractivity contribution in [3.05, 3.63) is 18.2 Å². The summed E-state index contributed by atoms with van der Waals surface area (Å²) in [4.78, 5) is 34.6. The normalized spacial score (nSPS) is 13.4. The van der Waals surface area contributed by atoms with E-state index in [-0.39, 0.29) is 24.5 Å². The fourth-order valence-corrected chi connectivity index (χ4v) is 1.93. The van der Waals surface area contributed by atoms with Crippen LogP contribution in [0.15, 0.2) is 23.3 Å². The number of ether oxygens (including phenoxy) is 3. The van der Waals surface area contributed by atoms with E-state index in [1.54, 1.807) is 18.2 Å². The Bertz CT molecular complexity index is 686. The third kappa shape index (κ3) is 4.45. The average molecular weight is 335 g/mol. The molecule has 9 heteroatoms. The lowest BCUT2D eigenvalue weighted by atomic mass is 10.2. The third-order valence-corrected chi connectivity index (χ3v) is 3.16. The molecule has 0 unspecified atom stereocenters. The summed E-state index contributed by atoms with van der Waals surface area (Å²) >= 11 is 0. The third-order valence-electron chi connectivity index (χ3n) is 3.16. The van der Waals surface area contributed by atoms with Crippen LogP contribution in [0.3, 0.4) is 0 Å². The lowest BCUT2D eigenvalue weighted by Crippen LogP contribution is -2.32. The van der Waals surface area contributed by atoms with Crippen LogP contribution in [0.2, 0.25) is 0 Å². The highest BCUT2D eigenvalue weighted by atomic mass is 16.5. The van der Waals surface area contributed by atoms with E-state index in [1.807, 2.05) is 0 Å². The molecule has 0 aliphatic carbocycles. The lowest BCUT2D eigenvalue weighted by molar-refractivity contribution is -0.140. The van der Waals surface area contributed by atoms with Gasteiger partial charge in [-0.3, -0.25) is 9.59 Å². The number of esters is 1. The van der Waals surface area contributed by atoms with Crippen molar-refractivity contribution in [2.45, 2.75) is 12.8 Å². The number of hydrogen-bond donors (Lipinski definition) is 2. The Labute approximate surface area is 138 Å². The van der Waals surface area contributed by atoms with Crippen molar-refractivity contribution >= 4 is 29.2 Å². The van der Waals surface area contributed by atoms with Crippen molar-refractivity contribution in [3.8, 4) is 11.5 Å². The molecule has 2 rings (SSSR count). The number of benzene rings is 1. The molecular formula is C15H17N3O6. The van der Waals surface area contributed by atoms with Gasteiger partial charge in [-0.1, -0.05) is 0 Å². The van der Waals surface area contributed by atoms with Gasteiger partial charge in [-0.05, 0) is 12.1 Å². The molecule has 9 nitrogen and oxygen atoms in total. The Kier molecular flexibility index (Phi) is 5.72. The molecule has 24 heavy (non-hydrogen) atoms. The van der Waals surface area contributed by atoms with Gasteiger partial charge in [0, 0.05) is 18.9 Å². The van der Waals surface area contributed by atoms with Crippen LogP contribution >= 0.6 is 0 Å². The predicted octanol–water partition coefficient (Wildman–Crippen LogP) is 0.451. The highest BCUT2D eigenvalue weighted by Gasteiger charge is 2.20. The van der Waals surface area contributed by atoms with Gasteiger partial charge in [0.2, 0.25) is 5.91 Å². The van der Waals surface area contributed by atoms with Gasteiger partial charge in [0.05, 0.1) is 19.9 Å². The molecule has 1 aromatic rings. The number of nitrogens with one attached hydrogen (secondary N) is 2. The highest BCUT2D eigenvalue weighted by molar-refractivity contribution is 6.37. The van der Waals surface area contributed by atoms with Gasteiger partial charge in [0.15, 0.2) is 6.61 Å². The lowest BCUT2D eigenvalue weighted by Gasteiger charge is -2.13. The second-order valence-electron chi connectivity index (χ2n) is 4.78. The van der Waals surface area contributed by atoms with Crippen LogP contribution in [0, 0.1) is 0 Å². The van der Waals surface area contributed by atoms with Crippen LogP contribution in [0.5, 0.6) is 11.5 Å². The molecule has 1 aliphatic heterocycles. The maximum atomic E-state index is 11.9. The van der Waals surface area contributed by atoms with Gasteiger partial charge < -0.3 is 19.5 Å². The predicted molar refractivity (Wildman–Crippen MR) is 83.9 cm³/mol. The average Bonchev–Trinajstić information content (AvgIpc) is 2.60. The summed E-state index contributed by atoms with van der Waals surface area (Å²) in [6.45, 7) is -0.494. The van der Waals surface area contributed by atoms with Crippen LogP contribution in [-0.4, -0.2) is 44.3 Å². The molecule has 0 aromatic heterocycles. The maximum absolute atomic E-state index is 11.9. The molecule has 0 atom stereocenters. The summed E-state index contributed by atoms with van der Waals surface area (Å²) in [5, 5.41) is 6.17. The van der Waals surface area contributed by atoms with Crippen molar-refractivity contribution in [2.24, 2.45) is 5.10 Å². The van der Waals surface area contributed by atoms with E-state index >= 15 is 0 Å². The molecule has 2 amide bonds. The van der Waals surface area contributed by atoms with Gasteiger partial charge in [-0.2, -0.15) is 5.10 Å². The largest absolute Gasteiger partial charge is 0.497 e. The minimum atomic E-state index is -0.747. The molecule has 1 aromatic carbocycles. The number of amides is 2. The van der Waals surface area contributed by atoms with Crippen LogP contribution < -0.4 is 20.2 Å². The van der Waals surface area contributed by atoms with Crippen LogP contribution in [-0.2, 0) is 19.1 Å². The molecule has 0 bridgehead atoms. The maximum Gasteiger partial charge on any atom is 0.355 e. The van der Waals surface area contributed by atoms with Gasteiger partial charge in [0.25, 0.3) is 5.91 Å². The summed E-state index contributed by atoms with van der Waals surface area (Å²) in [7, 11) is 2.96. The molecule has 0 saturated carbocycles. The molecule has 0 spiro atoms. The molecule has 0 saturated heterocycles. The first-order chi connectivity index (χ1) is 11.5. The highest BCUT2D eigenvalue weighted by Crippen LogP contribution is 2.28. The Morgan fingerprint density at radius 2 is 2.04 bits per heavy atom. The fourth-order valence-electron chi connectivity index (χ4n) is 1.93. The first kappa shape index (κ1) is 17.3. The summed E-state index contributed by atoms with van der Waals surface area (Å²) in [6.07, 6.45) is 0.330.